The maximum absolute atomic E-state index is 12.6. The first-order valence-electron chi connectivity index (χ1n) is 6.48. The Hall–Kier alpha value is -3.69. The average Bonchev–Trinajstić information content (AvgIpc) is 3.04. The second-order valence-electron chi connectivity index (χ2n) is 4.64. The summed E-state index contributed by atoms with van der Waals surface area (Å²) in [6.07, 6.45) is 2.74. The molecule has 0 fully saturated rings. The Morgan fingerprint density at radius 1 is 1.13 bits per heavy atom. The average molecular weight is 309 g/mol. The van der Waals surface area contributed by atoms with Crippen LogP contribution in [0.5, 0.6) is 0 Å². The topological polar surface area (TPSA) is 121 Å². The molecule has 0 radical (unpaired) electrons. The van der Waals surface area contributed by atoms with E-state index in [1.807, 2.05) is 0 Å². The van der Waals surface area contributed by atoms with Gasteiger partial charge in [-0.3, -0.25) is 19.5 Å². The predicted molar refractivity (Wildman–Crippen MR) is 78.3 cm³/mol. The first-order valence-corrected chi connectivity index (χ1v) is 6.48. The van der Waals surface area contributed by atoms with Gasteiger partial charge in [0.15, 0.2) is 5.52 Å². The summed E-state index contributed by atoms with van der Waals surface area (Å²) in [6.45, 7) is 0. The fraction of sp³-hybridized carbons (Fsp3) is 0. The van der Waals surface area contributed by atoms with Gasteiger partial charge < -0.3 is 0 Å². The van der Waals surface area contributed by atoms with Crippen molar-refractivity contribution in [2.24, 2.45) is 0 Å². The van der Waals surface area contributed by atoms with Crippen LogP contribution in [0.25, 0.3) is 22.5 Å². The van der Waals surface area contributed by atoms with E-state index in [2.05, 4.69) is 20.3 Å². The van der Waals surface area contributed by atoms with Gasteiger partial charge in [0.05, 0.1) is 4.92 Å². The quantitative estimate of drug-likeness (QED) is 0.395. The van der Waals surface area contributed by atoms with Crippen molar-refractivity contribution >= 4 is 22.5 Å². The SMILES string of the molecule is O=c1c2nnc3ncnn3c2ccn1-c1ccccc1[N+](=O)[O-]. The Kier molecular flexibility index (Phi) is 2.64. The molecular weight excluding hydrogens is 302 g/mol. The highest BCUT2D eigenvalue weighted by Gasteiger charge is 2.17. The summed E-state index contributed by atoms with van der Waals surface area (Å²) in [4.78, 5) is 27.1. The number of rotatable bonds is 2. The Morgan fingerprint density at radius 2 is 1.96 bits per heavy atom. The molecule has 23 heavy (non-hydrogen) atoms. The smallest absolute Gasteiger partial charge is 0.276 e. The first kappa shape index (κ1) is 13.0. The summed E-state index contributed by atoms with van der Waals surface area (Å²) in [6, 6.07) is 7.56. The van der Waals surface area contributed by atoms with E-state index in [4.69, 9.17) is 0 Å². The summed E-state index contributed by atoms with van der Waals surface area (Å²) in [5.74, 6) is 0.264. The van der Waals surface area contributed by atoms with Crippen LogP contribution >= 0.6 is 0 Å². The van der Waals surface area contributed by atoms with Crippen LogP contribution in [0.4, 0.5) is 5.69 Å². The van der Waals surface area contributed by atoms with Gasteiger partial charge in [0.2, 0.25) is 0 Å². The van der Waals surface area contributed by atoms with E-state index in [1.54, 1.807) is 12.1 Å². The Balaban J connectivity index is 2.07. The highest BCUT2D eigenvalue weighted by Crippen LogP contribution is 2.21. The number of benzene rings is 1. The number of hydrogen-bond acceptors (Lipinski definition) is 7. The molecule has 4 aromatic rings. The van der Waals surface area contributed by atoms with E-state index in [0.717, 1.165) is 4.57 Å². The summed E-state index contributed by atoms with van der Waals surface area (Å²) in [5, 5.41) is 22.8. The van der Waals surface area contributed by atoms with Crippen molar-refractivity contribution in [3.05, 3.63) is 63.3 Å². The van der Waals surface area contributed by atoms with Gasteiger partial charge >= 0.3 is 0 Å². The molecule has 1 aromatic carbocycles. The lowest BCUT2D eigenvalue weighted by molar-refractivity contribution is -0.384. The van der Waals surface area contributed by atoms with Crippen LogP contribution in [-0.2, 0) is 0 Å². The number of para-hydroxylation sites is 2. The number of nitrogens with zero attached hydrogens (tertiary/aromatic N) is 7. The largest absolute Gasteiger partial charge is 0.293 e. The number of nitro benzene ring substituents is 1. The molecule has 3 aromatic heterocycles. The lowest BCUT2D eigenvalue weighted by Crippen LogP contribution is -2.21. The number of fused-ring (bicyclic) bond motifs is 3. The standard InChI is InChI=1S/C13H7N7O3/c21-12-11-10(19-13(17-16-11)14-7-15-19)5-6-18(12)8-3-1-2-4-9(8)20(22)23/h1-7H. The molecule has 0 atom stereocenters. The molecule has 0 saturated heterocycles. The second-order valence-corrected chi connectivity index (χ2v) is 4.64. The zero-order valence-electron chi connectivity index (χ0n) is 11.4. The lowest BCUT2D eigenvalue weighted by atomic mass is 10.2. The molecule has 0 aliphatic rings. The molecule has 3 heterocycles. The molecule has 4 rings (SSSR count). The van der Waals surface area contributed by atoms with E-state index < -0.39 is 10.5 Å². The minimum absolute atomic E-state index is 0.0450. The molecule has 112 valence electrons. The van der Waals surface area contributed by atoms with Crippen LogP contribution < -0.4 is 5.56 Å². The first-order chi connectivity index (χ1) is 11.2. The molecular formula is C13H7N7O3. The van der Waals surface area contributed by atoms with Crippen LogP contribution in [0.1, 0.15) is 0 Å². The molecule has 0 N–H and O–H groups in total. The van der Waals surface area contributed by atoms with Crippen LogP contribution in [0.3, 0.4) is 0 Å². The molecule has 0 saturated carbocycles. The van der Waals surface area contributed by atoms with Crippen LogP contribution in [-0.4, -0.2) is 34.3 Å². The monoisotopic (exact) mass is 309 g/mol. The van der Waals surface area contributed by atoms with E-state index in [0.29, 0.717) is 5.52 Å². The van der Waals surface area contributed by atoms with E-state index in [-0.39, 0.29) is 22.7 Å². The Labute approximate surface area is 126 Å². The Morgan fingerprint density at radius 3 is 2.78 bits per heavy atom. The maximum Gasteiger partial charge on any atom is 0.293 e. The van der Waals surface area contributed by atoms with Gasteiger partial charge in [0, 0.05) is 12.3 Å². The molecule has 0 unspecified atom stereocenters. The summed E-state index contributed by atoms with van der Waals surface area (Å²) >= 11 is 0. The van der Waals surface area contributed by atoms with E-state index in [9.17, 15) is 14.9 Å². The maximum atomic E-state index is 12.6. The zero-order chi connectivity index (χ0) is 16.0. The third-order valence-corrected chi connectivity index (χ3v) is 3.38. The van der Waals surface area contributed by atoms with E-state index >= 15 is 0 Å². The number of nitro groups is 1. The molecule has 10 nitrogen and oxygen atoms in total. The molecule has 0 bridgehead atoms. The molecule has 10 heteroatoms. The zero-order valence-corrected chi connectivity index (χ0v) is 11.4. The third-order valence-electron chi connectivity index (χ3n) is 3.38. The number of aromatic nitrogens is 6. The number of pyridine rings is 1. The van der Waals surface area contributed by atoms with Gasteiger partial charge in [-0.15, -0.1) is 10.2 Å². The van der Waals surface area contributed by atoms with Crippen molar-refractivity contribution in [1.29, 1.82) is 0 Å². The summed E-state index contributed by atoms with van der Waals surface area (Å²) in [5.41, 5.74) is -0.0775. The van der Waals surface area contributed by atoms with Crippen molar-refractivity contribution in [2.45, 2.75) is 0 Å². The van der Waals surface area contributed by atoms with E-state index in [1.165, 1.54) is 35.2 Å². The normalized spacial score (nSPS) is 11.1. The molecule has 0 amide bonds. The highest BCUT2D eigenvalue weighted by molar-refractivity contribution is 5.75. The van der Waals surface area contributed by atoms with Gasteiger partial charge in [-0.05, 0) is 12.1 Å². The third kappa shape index (κ3) is 1.85. The van der Waals surface area contributed by atoms with Crippen LogP contribution in [0.2, 0.25) is 0 Å². The number of hydrogen-bond donors (Lipinski definition) is 0. The summed E-state index contributed by atoms with van der Waals surface area (Å²) in [7, 11) is 0. The minimum atomic E-state index is -0.543. The van der Waals surface area contributed by atoms with Crippen molar-refractivity contribution in [3.63, 3.8) is 0 Å². The lowest BCUT2D eigenvalue weighted by Gasteiger charge is -2.07. The second kappa shape index (κ2) is 4.66. The molecule has 0 aliphatic heterocycles. The van der Waals surface area contributed by atoms with Gasteiger partial charge in [-0.2, -0.15) is 14.6 Å². The van der Waals surface area contributed by atoms with Crippen molar-refractivity contribution in [1.82, 2.24) is 29.4 Å². The van der Waals surface area contributed by atoms with Gasteiger partial charge in [-0.1, -0.05) is 12.1 Å². The van der Waals surface area contributed by atoms with Crippen molar-refractivity contribution < 1.29 is 4.92 Å². The summed E-state index contributed by atoms with van der Waals surface area (Å²) < 4.78 is 2.55. The Bertz CT molecular complexity index is 1130. The van der Waals surface area contributed by atoms with Gasteiger partial charge in [0.25, 0.3) is 17.0 Å². The van der Waals surface area contributed by atoms with Crippen LogP contribution in [0, 0.1) is 10.1 Å². The van der Waals surface area contributed by atoms with Gasteiger partial charge in [0.1, 0.15) is 17.5 Å². The van der Waals surface area contributed by atoms with Crippen molar-refractivity contribution in [2.75, 3.05) is 0 Å². The highest BCUT2D eigenvalue weighted by atomic mass is 16.6. The van der Waals surface area contributed by atoms with Gasteiger partial charge in [-0.25, -0.2) is 0 Å². The molecule has 0 spiro atoms. The minimum Gasteiger partial charge on any atom is -0.276 e. The fourth-order valence-electron chi connectivity index (χ4n) is 2.36. The van der Waals surface area contributed by atoms with Crippen molar-refractivity contribution in [3.8, 4) is 5.69 Å². The van der Waals surface area contributed by atoms with Crippen LogP contribution in [0.15, 0.2) is 47.7 Å². The molecule has 0 aliphatic carbocycles. The predicted octanol–water partition coefficient (Wildman–Crippen LogP) is 0.732. The fourth-order valence-corrected chi connectivity index (χ4v) is 2.36.